The molecule has 0 aromatic rings. The van der Waals surface area contributed by atoms with E-state index in [2.05, 4.69) is 10.6 Å². The summed E-state index contributed by atoms with van der Waals surface area (Å²) in [5.74, 6) is -0.852. The van der Waals surface area contributed by atoms with Crippen LogP contribution in [-0.4, -0.2) is 48.8 Å². The third kappa shape index (κ3) is 5.20. The highest BCUT2D eigenvalue weighted by Gasteiger charge is 2.28. The molecule has 1 amide bonds. The van der Waals surface area contributed by atoms with Crippen LogP contribution in [0.1, 0.15) is 20.3 Å². The highest BCUT2D eigenvalue weighted by molar-refractivity contribution is 5.85. The number of β-amino-alcohol motifs (C(OH)–C–C–N with tert-alkyl or cyclic N) is 1. The van der Waals surface area contributed by atoms with Crippen molar-refractivity contribution in [1.29, 1.82) is 0 Å². The van der Waals surface area contributed by atoms with E-state index in [1.54, 1.807) is 13.8 Å². The van der Waals surface area contributed by atoms with Crippen molar-refractivity contribution in [3.63, 3.8) is 0 Å². The van der Waals surface area contributed by atoms with E-state index in [0.717, 1.165) is 0 Å². The number of aliphatic hydroxyl groups is 1. The van der Waals surface area contributed by atoms with Gasteiger partial charge >= 0.3 is 5.97 Å². The van der Waals surface area contributed by atoms with Crippen LogP contribution in [0.3, 0.4) is 0 Å². The molecule has 106 valence electrons. The van der Waals surface area contributed by atoms with Crippen LogP contribution in [0, 0.1) is 5.92 Å². The summed E-state index contributed by atoms with van der Waals surface area (Å²) in [5, 5.41) is 14.8. The molecule has 6 nitrogen and oxygen atoms in total. The smallest absolute Gasteiger partial charge is 0.310 e. The molecule has 1 saturated heterocycles. The second-order valence-corrected chi connectivity index (χ2v) is 4.25. The Balaban J connectivity index is 0.00000289. The molecule has 7 heteroatoms. The second kappa shape index (κ2) is 8.29. The number of hydrogen-bond acceptors (Lipinski definition) is 5. The Morgan fingerprint density at radius 1 is 1.56 bits per heavy atom. The summed E-state index contributed by atoms with van der Waals surface area (Å²) >= 11 is 0. The molecule has 0 aliphatic carbocycles. The fraction of sp³-hybridized carbons (Fsp3) is 0.818. The van der Waals surface area contributed by atoms with Crippen molar-refractivity contribution in [3.8, 4) is 0 Å². The van der Waals surface area contributed by atoms with Crippen molar-refractivity contribution in [1.82, 2.24) is 10.6 Å². The molecule has 0 saturated carbocycles. The number of ether oxygens (including phenoxy) is 1. The molecule has 1 rings (SSSR count). The van der Waals surface area contributed by atoms with Crippen molar-refractivity contribution in [2.24, 2.45) is 5.92 Å². The standard InChI is InChI=1S/C11H20N2O4.ClH/c1-3-17-11(16)7(2)5-13-10(15)9-4-8(14)6-12-9;/h7-9,12,14H,3-6H2,1-2H3,(H,13,15);1H. The van der Waals surface area contributed by atoms with Crippen LogP contribution < -0.4 is 10.6 Å². The van der Waals surface area contributed by atoms with Gasteiger partial charge < -0.3 is 20.5 Å². The molecule has 0 radical (unpaired) electrons. The van der Waals surface area contributed by atoms with Gasteiger partial charge in [-0.2, -0.15) is 0 Å². The molecule has 3 atom stereocenters. The minimum Gasteiger partial charge on any atom is -0.466 e. The lowest BCUT2D eigenvalue weighted by atomic mass is 10.1. The number of nitrogens with one attached hydrogen (secondary N) is 2. The van der Waals surface area contributed by atoms with Crippen molar-refractivity contribution in [3.05, 3.63) is 0 Å². The maximum atomic E-state index is 11.6. The minimum absolute atomic E-state index is 0. The first-order valence-corrected chi connectivity index (χ1v) is 5.90. The summed E-state index contributed by atoms with van der Waals surface area (Å²) in [4.78, 5) is 22.9. The Kier molecular flexibility index (Phi) is 7.90. The summed E-state index contributed by atoms with van der Waals surface area (Å²) in [6.07, 6.45) is -0.0483. The van der Waals surface area contributed by atoms with Crippen molar-refractivity contribution >= 4 is 24.3 Å². The highest BCUT2D eigenvalue weighted by Crippen LogP contribution is 2.06. The van der Waals surface area contributed by atoms with Gasteiger partial charge in [-0.25, -0.2) is 0 Å². The van der Waals surface area contributed by atoms with E-state index >= 15 is 0 Å². The van der Waals surface area contributed by atoms with Crippen LogP contribution in [0.25, 0.3) is 0 Å². The largest absolute Gasteiger partial charge is 0.466 e. The van der Waals surface area contributed by atoms with E-state index in [4.69, 9.17) is 4.74 Å². The molecule has 1 fully saturated rings. The number of aliphatic hydroxyl groups excluding tert-OH is 1. The zero-order chi connectivity index (χ0) is 12.8. The third-order valence-corrected chi connectivity index (χ3v) is 2.70. The van der Waals surface area contributed by atoms with Gasteiger partial charge in [0.1, 0.15) is 0 Å². The first-order valence-electron chi connectivity index (χ1n) is 5.90. The lowest BCUT2D eigenvalue weighted by Gasteiger charge is -2.14. The first kappa shape index (κ1) is 17.2. The van der Waals surface area contributed by atoms with Crippen molar-refractivity contribution in [2.75, 3.05) is 19.7 Å². The molecule has 18 heavy (non-hydrogen) atoms. The van der Waals surface area contributed by atoms with Gasteiger partial charge in [0, 0.05) is 13.1 Å². The molecule has 0 aromatic carbocycles. The van der Waals surface area contributed by atoms with Crippen LogP contribution in [0.2, 0.25) is 0 Å². The van der Waals surface area contributed by atoms with Crippen LogP contribution in [0.5, 0.6) is 0 Å². The highest BCUT2D eigenvalue weighted by atomic mass is 35.5. The van der Waals surface area contributed by atoms with Crippen LogP contribution in [-0.2, 0) is 14.3 Å². The quantitative estimate of drug-likeness (QED) is 0.588. The predicted molar refractivity (Wildman–Crippen MR) is 68.5 cm³/mol. The number of halogens is 1. The van der Waals surface area contributed by atoms with Gasteiger partial charge in [0.15, 0.2) is 0 Å². The second-order valence-electron chi connectivity index (χ2n) is 4.25. The molecule has 0 spiro atoms. The SMILES string of the molecule is CCOC(=O)C(C)CNC(=O)C1CC(O)CN1.Cl. The lowest BCUT2D eigenvalue weighted by Crippen LogP contribution is -2.43. The molecule has 1 aliphatic heterocycles. The normalized spacial score (nSPS) is 23.9. The average Bonchev–Trinajstić information content (AvgIpc) is 2.72. The van der Waals surface area contributed by atoms with E-state index in [9.17, 15) is 14.7 Å². The molecule has 3 unspecified atom stereocenters. The molecule has 0 bridgehead atoms. The molecule has 3 N–H and O–H groups in total. The number of rotatable bonds is 5. The van der Waals surface area contributed by atoms with Crippen LogP contribution in [0.4, 0.5) is 0 Å². The third-order valence-electron chi connectivity index (χ3n) is 2.70. The van der Waals surface area contributed by atoms with E-state index < -0.39 is 6.10 Å². The number of amides is 1. The summed E-state index contributed by atoms with van der Waals surface area (Å²) < 4.78 is 4.83. The zero-order valence-electron chi connectivity index (χ0n) is 10.6. The monoisotopic (exact) mass is 280 g/mol. The predicted octanol–water partition coefficient (Wildman–Crippen LogP) is -0.554. The van der Waals surface area contributed by atoms with E-state index in [1.165, 1.54) is 0 Å². The molecular formula is C11H21ClN2O4. The van der Waals surface area contributed by atoms with Crippen molar-refractivity contribution in [2.45, 2.75) is 32.4 Å². The van der Waals surface area contributed by atoms with Gasteiger partial charge in [0.05, 0.1) is 24.7 Å². The number of carbonyl (C=O) groups is 2. The molecule has 1 aliphatic rings. The minimum atomic E-state index is -0.465. The van der Waals surface area contributed by atoms with Crippen LogP contribution in [0.15, 0.2) is 0 Å². The first-order chi connectivity index (χ1) is 8.04. The Bertz CT molecular complexity index is 288. The van der Waals surface area contributed by atoms with Gasteiger partial charge in [-0.15, -0.1) is 12.4 Å². The topological polar surface area (TPSA) is 87.7 Å². The zero-order valence-corrected chi connectivity index (χ0v) is 11.5. The summed E-state index contributed by atoms with van der Waals surface area (Å²) in [7, 11) is 0. The van der Waals surface area contributed by atoms with Gasteiger partial charge in [0.25, 0.3) is 0 Å². The summed E-state index contributed by atoms with van der Waals surface area (Å²) in [6, 6.07) is -0.362. The Hall–Kier alpha value is -0.850. The van der Waals surface area contributed by atoms with Crippen molar-refractivity contribution < 1.29 is 19.4 Å². The molecular weight excluding hydrogens is 260 g/mol. The summed E-state index contributed by atoms with van der Waals surface area (Å²) in [5.41, 5.74) is 0. The lowest BCUT2D eigenvalue weighted by molar-refractivity contribution is -0.147. The molecule has 0 aromatic heterocycles. The number of esters is 1. The number of hydrogen-bond donors (Lipinski definition) is 3. The number of carbonyl (C=O) groups excluding carboxylic acids is 2. The van der Waals surface area contributed by atoms with Gasteiger partial charge in [-0.3, -0.25) is 9.59 Å². The van der Waals surface area contributed by atoms with Crippen LogP contribution >= 0.6 is 12.4 Å². The fourth-order valence-corrected chi connectivity index (χ4v) is 1.66. The van der Waals surface area contributed by atoms with E-state index in [0.29, 0.717) is 19.6 Å². The fourth-order valence-electron chi connectivity index (χ4n) is 1.66. The van der Waals surface area contributed by atoms with Gasteiger partial charge in [-0.05, 0) is 13.3 Å². The molecule has 1 heterocycles. The maximum absolute atomic E-state index is 11.6. The average molecular weight is 281 g/mol. The maximum Gasteiger partial charge on any atom is 0.310 e. The van der Waals surface area contributed by atoms with Gasteiger partial charge in [0.2, 0.25) is 5.91 Å². The Morgan fingerprint density at radius 2 is 2.22 bits per heavy atom. The Labute approximate surface area is 113 Å². The Morgan fingerprint density at radius 3 is 2.72 bits per heavy atom. The van der Waals surface area contributed by atoms with E-state index in [1.807, 2.05) is 0 Å². The van der Waals surface area contributed by atoms with E-state index in [-0.39, 0.29) is 42.8 Å². The summed E-state index contributed by atoms with van der Waals surface area (Å²) in [6.45, 7) is 4.48. The van der Waals surface area contributed by atoms with Gasteiger partial charge in [-0.1, -0.05) is 6.92 Å².